The molecule has 0 saturated heterocycles. The molecule has 9 heteroatoms. The standard InChI is InChI=1S/C22H17Cl2FN2O4/c1-31-19-9-8-17(26-21(19)14-10-12(23)6-7-16(14)25)22(30)27-18(11-20(28)29)13-4-2-3-5-15(13)24/h2-10,18H,11H2,1H3,(H,27,30)(H,28,29). The fraction of sp³-hybridized carbons (Fsp3) is 0.136. The molecule has 0 aliphatic carbocycles. The molecular formula is C22H17Cl2FN2O4. The number of methoxy groups -OCH3 is 1. The molecule has 1 aromatic heterocycles. The number of amides is 1. The summed E-state index contributed by atoms with van der Waals surface area (Å²) in [5, 5.41) is 12.5. The maximum atomic E-state index is 14.4. The minimum absolute atomic E-state index is 0.0578. The van der Waals surface area contributed by atoms with Crippen LogP contribution in [0.4, 0.5) is 4.39 Å². The molecule has 31 heavy (non-hydrogen) atoms. The second-order valence-corrected chi connectivity index (χ2v) is 7.36. The van der Waals surface area contributed by atoms with Gasteiger partial charge in [-0.1, -0.05) is 41.4 Å². The van der Waals surface area contributed by atoms with Crippen molar-refractivity contribution in [2.75, 3.05) is 7.11 Å². The third-order valence-electron chi connectivity index (χ3n) is 4.46. The molecular weight excluding hydrogens is 446 g/mol. The smallest absolute Gasteiger partial charge is 0.305 e. The lowest BCUT2D eigenvalue weighted by Crippen LogP contribution is -2.31. The maximum Gasteiger partial charge on any atom is 0.305 e. The first-order valence-electron chi connectivity index (χ1n) is 9.07. The van der Waals surface area contributed by atoms with E-state index in [2.05, 4.69) is 10.3 Å². The number of nitrogens with zero attached hydrogens (tertiary/aromatic N) is 1. The monoisotopic (exact) mass is 462 g/mol. The van der Waals surface area contributed by atoms with E-state index >= 15 is 0 Å². The van der Waals surface area contributed by atoms with E-state index in [0.29, 0.717) is 10.6 Å². The molecule has 0 bridgehead atoms. The number of aliphatic carboxylic acids is 1. The Balaban J connectivity index is 1.98. The molecule has 3 aromatic rings. The number of halogens is 3. The van der Waals surface area contributed by atoms with E-state index in [1.807, 2.05) is 0 Å². The second kappa shape index (κ2) is 9.76. The van der Waals surface area contributed by atoms with Gasteiger partial charge in [-0.2, -0.15) is 0 Å². The van der Waals surface area contributed by atoms with Gasteiger partial charge in [0, 0.05) is 15.6 Å². The minimum Gasteiger partial charge on any atom is -0.494 e. The zero-order chi connectivity index (χ0) is 22.5. The summed E-state index contributed by atoms with van der Waals surface area (Å²) in [5.41, 5.74) is 0.544. The van der Waals surface area contributed by atoms with Crippen molar-refractivity contribution in [3.8, 4) is 17.0 Å². The summed E-state index contributed by atoms with van der Waals surface area (Å²) in [7, 11) is 1.39. The summed E-state index contributed by atoms with van der Waals surface area (Å²) >= 11 is 12.2. The van der Waals surface area contributed by atoms with Gasteiger partial charge in [0.05, 0.1) is 19.6 Å². The highest BCUT2D eigenvalue weighted by molar-refractivity contribution is 6.31. The predicted molar refractivity (Wildman–Crippen MR) is 115 cm³/mol. The summed E-state index contributed by atoms with van der Waals surface area (Å²) < 4.78 is 19.6. The number of ether oxygens (including phenoxy) is 1. The largest absolute Gasteiger partial charge is 0.494 e. The molecule has 0 aliphatic heterocycles. The van der Waals surface area contributed by atoms with Crippen LogP contribution in [-0.4, -0.2) is 29.1 Å². The van der Waals surface area contributed by atoms with Crippen LogP contribution in [0.1, 0.15) is 28.5 Å². The van der Waals surface area contributed by atoms with Crippen molar-refractivity contribution >= 4 is 35.1 Å². The lowest BCUT2D eigenvalue weighted by atomic mass is 10.0. The first kappa shape index (κ1) is 22.5. The van der Waals surface area contributed by atoms with Gasteiger partial charge in [0.15, 0.2) is 0 Å². The van der Waals surface area contributed by atoms with Gasteiger partial charge < -0.3 is 15.2 Å². The number of aromatic nitrogens is 1. The van der Waals surface area contributed by atoms with Crippen LogP contribution in [0.15, 0.2) is 54.6 Å². The molecule has 1 heterocycles. The number of rotatable bonds is 7. The molecule has 0 fully saturated rings. The molecule has 2 aromatic carbocycles. The third kappa shape index (κ3) is 5.31. The number of carbonyl (C=O) groups excluding carboxylic acids is 1. The zero-order valence-corrected chi connectivity index (χ0v) is 17.7. The zero-order valence-electron chi connectivity index (χ0n) is 16.2. The summed E-state index contributed by atoms with van der Waals surface area (Å²) in [4.78, 5) is 28.5. The first-order valence-corrected chi connectivity index (χ1v) is 9.83. The van der Waals surface area contributed by atoms with Gasteiger partial charge in [0.1, 0.15) is 23.0 Å². The van der Waals surface area contributed by atoms with E-state index in [1.54, 1.807) is 24.3 Å². The average Bonchev–Trinajstić information content (AvgIpc) is 2.74. The fourth-order valence-electron chi connectivity index (χ4n) is 3.01. The van der Waals surface area contributed by atoms with Gasteiger partial charge in [-0.3, -0.25) is 9.59 Å². The predicted octanol–water partition coefficient (Wildman–Crippen LogP) is 5.15. The van der Waals surface area contributed by atoms with Crippen molar-refractivity contribution in [1.82, 2.24) is 10.3 Å². The maximum absolute atomic E-state index is 14.4. The summed E-state index contributed by atoms with van der Waals surface area (Å²) in [6.45, 7) is 0. The quantitative estimate of drug-likeness (QED) is 0.506. The number of carbonyl (C=O) groups is 2. The highest BCUT2D eigenvalue weighted by atomic mass is 35.5. The average molecular weight is 463 g/mol. The van der Waals surface area contributed by atoms with Crippen LogP contribution < -0.4 is 10.1 Å². The van der Waals surface area contributed by atoms with Crippen molar-refractivity contribution in [1.29, 1.82) is 0 Å². The van der Waals surface area contributed by atoms with E-state index < -0.39 is 23.7 Å². The van der Waals surface area contributed by atoms with Crippen LogP contribution in [0, 0.1) is 5.82 Å². The van der Waals surface area contributed by atoms with Crippen LogP contribution in [0.3, 0.4) is 0 Å². The SMILES string of the molecule is COc1ccc(C(=O)NC(CC(=O)O)c2ccccc2Cl)nc1-c1cc(Cl)ccc1F. The van der Waals surface area contributed by atoms with Gasteiger partial charge in [0.25, 0.3) is 5.91 Å². The number of carboxylic acids is 1. The molecule has 0 spiro atoms. The van der Waals surface area contributed by atoms with E-state index in [4.69, 9.17) is 27.9 Å². The summed E-state index contributed by atoms with van der Waals surface area (Å²) in [5.74, 6) is -2.12. The van der Waals surface area contributed by atoms with Crippen molar-refractivity contribution < 1.29 is 23.8 Å². The Hall–Kier alpha value is -3.16. The van der Waals surface area contributed by atoms with E-state index in [1.165, 1.54) is 37.4 Å². The second-order valence-electron chi connectivity index (χ2n) is 6.52. The Morgan fingerprint density at radius 2 is 1.90 bits per heavy atom. The van der Waals surface area contributed by atoms with Crippen molar-refractivity contribution in [2.45, 2.75) is 12.5 Å². The van der Waals surface area contributed by atoms with Crippen molar-refractivity contribution in [3.63, 3.8) is 0 Å². The van der Waals surface area contributed by atoms with Crippen LogP contribution in [0.25, 0.3) is 11.3 Å². The van der Waals surface area contributed by atoms with Gasteiger partial charge in [0.2, 0.25) is 0 Å². The Bertz CT molecular complexity index is 1140. The van der Waals surface area contributed by atoms with Crippen LogP contribution >= 0.6 is 23.2 Å². The molecule has 160 valence electrons. The highest BCUT2D eigenvalue weighted by Crippen LogP contribution is 2.32. The van der Waals surface area contributed by atoms with E-state index in [0.717, 1.165) is 0 Å². The number of pyridine rings is 1. The van der Waals surface area contributed by atoms with E-state index in [9.17, 15) is 19.1 Å². The Morgan fingerprint density at radius 3 is 2.58 bits per heavy atom. The minimum atomic E-state index is -1.12. The molecule has 0 saturated carbocycles. The number of benzene rings is 2. The number of hydrogen-bond donors (Lipinski definition) is 2. The Labute approximate surface area is 187 Å². The normalized spacial score (nSPS) is 11.6. The lowest BCUT2D eigenvalue weighted by Gasteiger charge is -2.19. The van der Waals surface area contributed by atoms with Crippen molar-refractivity contribution in [3.05, 3.63) is 81.7 Å². The van der Waals surface area contributed by atoms with Gasteiger partial charge in [-0.25, -0.2) is 9.37 Å². The van der Waals surface area contributed by atoms with Gasteiger partial charge in [-0.05, 0) is 42.0 Å². The van der Waals surface area contributed by atoms with E-state index in [-0.39, 0.29) is 34.1 Å². The molecule has 3 rings (SSSR count). The molecule has 1 atom stereocenters. The van der Waals surface area contributed by atoms with Crippen LogP contribution in [0.2, 0.25) is 10.0 Å². The first-order chi connectivity index (χ1) is 14.8. The summed E-state index contributed by atoms with van der Waals surface area (Å²) in [6, 6.07) is 12.5. The number of carboxylic acid groups (broad SMARTS) is 1. The Kier molecular flexibility index (Phi) is 7.09. The van der Waals surface area contributed by atoms with Crippen LogP contribution in [-0.2, 0) is 4.79 Å². The fourth-order valence-corrected chi connectivity index (χ4v) is 3.45. The van der Waals surface area contributed by atoms with Gasteiger partial charge in [-0.15, -0.1) is 0 Å². The molecule has 2 N–H and O–H groups in total. The topological polar surface area (TPSA) is 88.5 Å². The highest BCUT2D eigenvalue weighted by Gasteiger charge is 2.23. The number of nitrogens with one attached hydrogen (secondary N) is 1. The molecule has 0 radical (unpaired) electrons. The molecule has 0 aliphatic rings. The third-order valence-corrected chi connectivity index (χ3v) is 5.04. The van der Waals surface area contributed by atoms with Crippen LogP contribution in [0.5, 0.6) is 5.75 Å². The van der Waals surface area contributed by atoms with Gasteiger partial charge >= 0.3 is 5.97 Å². The molecule has 6 nitrogen and oxygen atoms in total. The molecule has 1 amide bonds. The number of hydrogen-bond acceptors (Lipinski definition) is 4. The lowest BCUT2D eigenvalue weighted by molar-refractivity contribution is -0.137. The Morgan fingerprint density at radius 1 is 1.16 bits per heavy atom. The molecule has 1 unspecified atom stereocenters. The summed E-state index contributed by atoms with van der Waals surface area (Å²) in [6.07, 6.45) is -0.387. The van der Waals surface area contributed by atoms with Crippen molar-refractivity contribution in [2.24, 2.45) is 0 Å².